The quantitative estimate of drug-likeness (QED) is 0.897. The fourth-order valence-corrected chi connectivity index (χ4v) is 2.53. The van der Waals surface area contributed by atoms with E-state index in [0.717, 1.165) is 12.8 Å². The van der Waals surface area contributed by atoms with Crippen LogP contribution in [0.5, 0.6) is 0 Å². The molecule has 0 heterocycles. The maximum absolute atomic E-state index is 13.5. The van der Waals surface area contributed by atoms with Gasteiger partial charge in [0.15, 0.2) is 0 Å². The number of halogens is 2. The number of nitrogens with zero attached hydrogens (tertiary/aromatic N) is 1. The number of nitrogens with one attached hydrogen (secondary N) is 2. The van der Waals surface area contributed by atoms with Crippen LogP contribution in [-0.4, -0.2) is 18.0 Å². The first kappa shape index (κ1) is 14.6. The van der Waals surface area contributed by atoms with Crippen molar-refractivity contribution in [2.24, 2.45) is 0 Å². The van der Waals surface area contributed by atoms with E-state index >= 15 is 0 Å². The molecule has 1 aliphatic rings. The molecule has 1 aromatic rings. The van der Waals surface area contributed by atoms with E-state index in [1.165, 1.54) is 18.2 Å². The highest BCUT2D eigenvalue weighted by atomic mass is 35.5. The van der Waals surface area contributed by atoms with E-state index in [4.69, 9.17) is 16.9 Å². The smallest absolute Gasteiger partial charge is 0.240 e. The Morgan fingerprint density at radius 2 is 2.15 bits per heavy atom. The summed E-state index contributed by atoms with van der Waals surface area (Å²) in [5, 5.41) is 15.0. The summed E-state index contributed by atoms with van der Waals surface area (Å²) in [5.74, 6) is -0.800. The molecule has 2 rings (SSSR count). The second-order valence-electron chi connectivity index (χ2n) is 4.93. The highest BCUT2D eigenvalue weighted by Gasteiger charge is 2.35. The van der Waals surface area contributed by atoms with Crippen LogP contribution in [0.15, 0.2) is 18.2 Å². The van der Waals surface area contributed by atoms with Gasteiger partial charge in [0.25, 0.3) is 0 Å². The largest absolute Gasteiger partial charge is 0.374 e. The van der Waals surface area contributed by atoms with Crippen molar-refractivity contribution >= 4 is 23.2 Å². The molecule has 6 heteroatoms. The van der Waals surface area contributed by atoms with E-state index in [-0.39, 0.29) is 18.1 Å². The summed E-state index contributed by atoms with van der Waals surface area (Å²) in [5.41, 5.74) is -0.587. The third-order valence-electron chi connectivity index (χ3n) is 3.42. The lowest BCUT2D eigenvalue weighted by atomic mass is 10.00. The van der Waals surface area contributed by atoms with Crippen molar-refractivity contribution in [3.05, 3.63) is 29.0 Å². The van der Waals surface area contributed by atoms with Gasteiger partial charge >= 0.3 is 0 Å². The molecule has 20 heavy (non-hydrogen) atoms. The molecule has 0 saturated heterocycles. The molecular formula is C14H15ClFN3O. The van der Waals surface area contributed by atoms with Crippen LogP contribution in [0.25, 0.3) is 0 Å². The summed E-state index contributed by atoms with van der Waals surface area (Å²) in [6, 6.07) is 6.26. The van der Waals surface area contributed by atoms with Crippen LogP contribution in [0.4, 0.5) is 10.1 Å². The molecule has 1 aliphatic carbocycles. The van der Waals surface area contributed by atoms with E-state index in [2.05, 4.69) is 16.7 Å². The van der Waals surface area contributed by atoms with E-state index in [1.807, 2.05) is 0 Å². The SMILES string of the molecule is N#CC1(NC(=O)CNc2cc(Cl)ccc2F)CCCC1. The first-order chi connectivity index (χ1) is 9.54. The third kappa shape index (κ3) is 3.40. The number of carbonyl (C=O) groups excluding carboxylic acids is 1. The number of anilines is 1. The number of rotatable bonds is 4. The van der Waals surface area contributed by atoms with Crippen molar-refractivity contribution in [3.8, 4) is 6.07 Å². The Labute approximate surface area is 121 Å². The molecule has 0 unspecified atom stereocenters. The molecule has 0 radical (unpaired) electrons. The van der Waals surface area contributed by atoms with Gasteiger partial charge in [0, 0.05) is 5.02 Å². The van der Waals surface area contributed by atoms with Gasteiger partial charge in [-0.3, -0.25) is 4.79 Å². The lowest BCUT2D eigenvalue weighted by molar-refractivity contribution is -0.120. The summed E-state index contributed by atoms with van der Waals surface area (Å²) < 4.78 is 13.5. The maximum Gasteiger partial charge on any atom is 0.240 e. The van der Waals surface area contributed by atoms with E-state index in [0.29, 0.717) is 17.9 Å². The summed E-state index contributed by atoms with van der Waals surface area (Å²) in [4.78, 5) is 11.9. The van der Waals surface area contributed by atoms with Gasteiger partial charge in [-0.15, -0.1) is 0 Å². The Bertz CT molecular complexity index is 550. The number of carbonyl (C=O) groups is 1. The molecule has 1 fully saturated rings. The zero-order valence-electron chi connectivity index (χ0n) is 10.9. The van der Waals surface area contributed by atoms with Crippen molar-refractivity contribution in [1.29, 1.82) is 5.26 Å². The molecule has 0 spiro atoms. The van der Waals surface area contributed by atoms with Crippen molar-refractivity contribution < 1.29 is 9.18 Å². The van der Waals surface area contributed by atoms with Gasteiger partial charge < -0.3 is 10.6 Å². The highest BCUT2D eigenvalue weighted by molar-refractivity contribution is 6.30. The van der Waals surface area contributed by atoms with Crippen LogP contribution in [0.1, 0.15) is 25.7 Å². The minimum atomic E-state index is -0.758. The Balaban J connectivity index is 1.92. The lowest BCUT2D eigenvalue weighted by Crippen LogP contribution is -2.47. The van der Waals surface area contributed by atoms with E-state index < -0.39 is 11.4 Å². The van der Waals surface area contributed by atoms with Crippen molar-refractivity contribution in [1.82, 2.24) is 5.32 Å². The third-order valence-corrected chi connectivity index (χ3v) is 3.65. The molecule has 1 aromatic carbocycles. The van der Waals surface area contributed by atoms with Gasteiger partial charge in [0.1, 0.15) is 11.4 Å². The summed E-state index contributed by atoms with van der Waals surface area (Å²) in [6.45, 7) is -0.0965. The molecule has 0 atom stereocenters. The predicted molar refractivity (Wildman–Crippen MR) is 74.9 cm³/mol. The number of hydrogen-bond acceptors (Lipinski definition) is 3. The Morgan fingerprint density at radius 3 is 2.80 bits per heavy atom. The highest BCUT2D eigenvalue weighted by Crippen LogP contribution is 2.28. The molecule has 0 bridgehead atoms. The lowest BCUT2D eigenvalue weighted by Gasteiger charge is -2.22. The Kier molecular flexibility index (Phi) is 4.46. The second kappa shape index (κ2) is 6.10. The average molecular weight is 296 g/mol. The first-order valence-electron chi connectivity index (χ1n) is 6.46. The molecule has 1 amide bonds. The normalized spacial score (nSPS) is 16.4. The summed E-state index contributed by atoms with van der Waals surface area (Å²) >= 11 is 5.76. The van der Waals surface area contributed by atoms with Crippen LogP contribution < -0.4 is 10.6 Å². The average Bonchev–Trinajstić information content (AvgIpc) is 2.89. The van der Waals surface area contributed by atoms with Crippen molar-refractivity contribution in [2.75, 3.05) is 11.9 Å². The fraction of sp³-hybridized carbons (Fsp3) is 0.429. The van der Waals surface area contributed by atoms with Crippen LogP contribution >= 0.6 is 11.6 Å². The predicted octanol–water partition coefficient (Wildman–Crippen LogP) is 2.84. The van der Waals surface area contributed by atoms with Gasteiger partial charge in [-0.2, -0.15) is 5.26 Å². The summed E-state index contributed by atoms with van der Waals surface area (Å²) in [7, 11) is 0. The van der Waals surface area contributed by atoms with Crippen LogP contribution in [-0.2, 0) is 4.79 Å². The molecule has 1 saturated carbocycles. The zero-order chi connectivity index (χ0) is 14.6. The van der Waals surface area contributed by atoms with E-state index in [1.54, 1.807) is 0 Å². The standard InChI is InChI=1S/C14H15ClFN3O/c15-10-3-4-11(16)12(7-10)18-8-13(20)19-14(9-17)5-1-2-6-14/h3-4,7,18H,1-2,5-6,8H2,(H,19,20). The van der Waals surface area contributed by atoms with Crippen molar-refractivity contribution in [2.45, 2.75) is 31.2 Å². The van der Waals surface area contributed by atoms with Crippen LogP contribution in [0.2, 0.25) is 5.02 Å². The van der Waals surface area contributed by atoms with E-state index in [9.17, 15) is 9.18 Å². The topological polar surface area (TPSA) is 64.9 Å². The van der Waals surface area contributed by atoms with Gasteiger partial charge in [-0.1, -0.05) is 11.6 Å². The monoisotopic (exact) mass is 295 g/mol. The molecule has 106 valence electrons. The number of amides is 1. The Morgan fingerprint density at radius 1 is 1.45 bits per heavy atom. The Hall–Kier alpha value is -1.80. The van der Waals surface area contributed by atoms with Gasteiger partial charge in [0.2, 0.25) is 5.91 Å². The fourth-order valence-electron chi connectivity index (χ4n) is 2.36. The van der Waals surface area contributed by atoms with Crippen LogP contribution in [0.3, 0.4) is 0 Å². The molecular weight excluding hydrogens is 281 g/mol. The number of nitriles is 1. The zero-order valence-corrected chi connectivity index (χ0v) is 11.6. The maximum atomic E-state index is 13.5. The number of benzene rings is 1. The summed E-state index contributed by atoms with van der Waals surface area (Å²) in [6.07, 6.45) is 3.20. The molecule has 4 nitrogen and oxygen atoms in total. The molecule has 2 N–H and O–H groups in total. The van der Waals surface area contributed by atoms with Gasteiger partial charge in [0.05, 0.1) is 18.3 Å². The second-order valence-corrected chi connectivity index (χ2v) is 5.36. The minimum Gasteiger partial charge on any atom is -0.374 e. The first-order valence-corrected chi connectivity index (χ1v) is 6.84. The van der Waals surface area contributed by atoms with Gasteiger partial charge in [-0.05, 0) is 43.9 Å². The molecule has 0 aliphatic heterocycles. The number of hydrogen-bond donors (Lipinski definition) is 2. The minimum absolute atomic E-state index is 0.0965. The van der Waals surface area contributed by atoms with Crippen molar-refractivity contribution in [3.63, 3.8) is 0 Å². The molecule has 0 aromatic heterocycles. The van der Waals surface area contributed by atoms with Crippen LogP contribution in [0, 0.1) is 17.1 Å². The van der Waals surface area contributed by atoms with Gasteiger partial charge in [-0.25, -0.2) is 4.39 Å².